The van der Waals surface area contributed by atoms with Crippen LogP contribution in [0.15, 0.2) is 60.7 Å². The van der Waals surface area contributed by atoms with E-state index < -0.39 is 17.9 Å². The molecule has 9 heteroatoms. The normalized spacial score (nSPS) is 19.6. The zero-order valence-corrected chi connectivity index (χ0v) is 26.0. The number of carbonyl (C=O) groups excluding carboxylic acids is 1. The summed E-state index contributed by atoms with van der Waals surface area (Å²) in [5.74, 6) is -0.241. The Kier molecular flexibility index (Phi) is 10.1. The maximum Gasteiger partial charge on any atom is 0.309 e. The van der Waals surface area contributed by atoms with E-state index in [9.17, 15) is 14.7 Å². The van der Waals surface area contributed by atoms with Gasteiger partial charge in [0.25, 0.3) is 0 Å². The van der Waals surface area contributed by atoms with E-state index in [4.69, 9.17) is 14.2 Å². The molecule has 2 aliphatic rings. The van der Waals surface area contributed by atoms with Crippen LogP contribution in [0.3, 0.4) is 0 Å². The Morgan fingerprint density at radius 1 is 0.955 bits per heavy atom. The number of fused-ring (bicyclic) bond motifs is 1. The van der Waals surface area contributed by atoms with Crippen molar-refractivity contribution in [2.24, 2.45) is 5.92 Å². The number of nitrogens with one attached hydrogen (secondary N) is 1. The Labute approximate surface area is 259 Å². The van der Waals surface area contributed by atoms with Crippen molar-refractivity contribution < 1.29 is 28.9 Å². The van der Waals surface area contributed by atoms with E-state index in [2.05, 4.69) is 19.2 Å². The quantitative estimate of drug-likeness (QED) is 0.299. The second-order valence-corrected chi connectivity index (χ2v) is 11.7. The number of carboxylic acids is 1. The van der Waals surface area contributed by atoms with E-state index in [0.717, 1.165) is 53.1 Å². The summed E-state index contributed by atoms with van der Waals surface area (Å²) >= 11 is 0. The van der Waals surface area contributed by atoms with Crippen molar-refractivity contribution in [3.63, 3.8) is 0 Å². The van der Waals surface area contributed by atoms with Gasteiger partial charge in [-0.1, -0.05) is 50.2 Å². The van der Waals surface area contributed by atoms with Crippen LogP contribution in [0.2, 0.25) is 0 Å². The number of likely N-dealkylation sites (tertiary alicyclic amines) is 1. The molecule has 0 bridgehead atoms. The molecule has 3 aromatic carbocycles. The fourth-order valence-electron chi connectivity index (χ4n) is 6.29. The number of amides is 1. The van der Waals surface area contributed by atoms with Gasteiger partial charge < -0.3 is 29.5 Å². The molecule has 3 atom stereocenters. The Morgan fingerprint density at radius 2 is 1.61 bits per heavy atom. The van der Waals surface area contributed by atoms with Gasteiger partial charge in [-0.2, -0.15) is 0 Å². The number of hydrogen-bond donors (Lipinski definition) is 2. The lowest BCUT2D eigenvalue weighted by Gasteiger charge is -2.27. The van der Waals surface area contributed by atoms with Crippen LogP contribution in [0.5, 0.6) is 17.2 Å². The fraction of sp³-hybridized carbons (Fsp3) is 0.429. The van der Waals surface area contributed by atoms with E-state index in [-0.39, 0.29) is 18.4 Å². The summed E-state index contributed by atoms with van der Waals surface area (Å²) < 4.78 is 17.4. The molecule has 3 aromatic rings. The van der Waals surface area contributed by atoms with Crippen LogP contribution in [-0.4, -0.2) is 80.3 Å². The van der Waals surface area contributed by atoms with E-state index in [0.29, 0.717) is 37.9 Å². The van der Waals surface area contributed by atoms with Crippen molar-refractivity contribution in [1.29, 1.82) is 0 Å². The molecule has 2 N–H and O–H groups in total. The van der Waals surface area contributed by atoms with E-state index in [1.54, 1.807) is 0 Å². The highest BCUT2D eigenvalue weighted by Gasteiger charge is 2.48. The van der Waals surface area contributed by atoms with E-state index >= 15 is 0 Å². The van der Waals surface area contributed by atoms with Gasteiger partial charge in [0.15, 0.2) is 11.5 Å². The SMILES string of the molecule is CCc1cccc(CC)c1NC(=O)CN1C[C@H](c2ccc3c(c2)OCCO3)C(C(=O)O)[C@@H]1c1ccc(OCCN(C)C)cc1. The van der Waals surface area contributed by atoms with Gasteiger partial charge in [0.2, 0.25) is 5.91 Å². The van der Waals surface area contributed by atoms with Crippen molar-refractivity contribution in [3.05, 3.63) is 82.9 Å². The maximum atomic E-state index is 13.7. The van der Waals surface area contributed by atoms with Crippen LogP contribution in [0, 0.1) is 5.92 Å². The van der Waals surface area contributed by atoms with Crippen LogP contribution < -0.4 is 19.5 Å². The standard InChI is InChI=1S/C35H43N3O6/c1-5-23-8-7-9-24(6-2)33(23)36-31(39)22-38-21-28(26-12-15-29-30(20-26)44-19-18-43-29)32(35(40)41)34(38)25-10-13-27(14-11-25)42-17-16-37(3)4/h7-15,20,28,32,34H,5-6,16-19,21-22H2,1-4H3,(H,36,39)(H,40,41)/t28-,32?,34+/m1/s1. The molecule has 5 rings (SSSR count). The Hall–Kier alpha value is -4.08. The van der Waals surface area contributed by atoms with Crippen molar-refractivity contribution in [2.75, 3.05) is 58.9 Å². The number of para-hydroxylation sites is 1. The number of carboxylic acid groups (broad SMARTS) is 1. The molecule has 0 aromatic heterocycles. The largest absolute Gasteiger partial charge is 0.492 e. The lowest BCUT2D eigenvalue weighted by Crippen LogP contribution is -2.35. The molecule has 0 spiro atoms. The summed E-state index contributed by atoms with van der Waals surface area (Å²) in [6.07, 6.45) is 1.60. The summed E-state index contributed by atoms with van der Waals surface area (Å²) in [7, 11) is 3.98. The van der Waals surface area contributed by atoms with Gasteiger partial charge in [-0.15, -0.1) is 0 Å². The summed E-state index contributed by atoms with van der Waals surface area (Å²) in [4.78, 5) is 30.7. The smallest absolute Gasteiger partial charge is 0.309 e. The lowest BCUT2D eigenvalue weighted by atomic mass is 9.82. The summed E-state index contributed by atoms with van der Waals surface area (Å²) in [6.45, 7) is 6.85. The number of ether oxygens (including phenoxy) is 3. The fourth-order valence-corrected chi connectivity index (χ4v) is 6.29. The molecule has 0 saturated carbocycles. The summed E-state index contributed by atoms with van der Waals surface area (Å²) in [5.41, 5.74) is 4.70. The minimum atomic E-state index is -0.909. The molecule has 0 radical (unpaired) electrons. The van der Waals surface area contributed by atoms with Crippen molar-refractivity contribution in [1.82, 2.24) is 9.80 Å². The third kappa shape index (κ3) is 7.00. The highest BCUT2D eigenvalue weighted by atomic mass is 16.6. The molecule has 2 heterocycles. The van der Waals surface area contributed by atoms with Gasteiger partial charge >= 0.3 is 5.97 Å². The summed E-state index contributed by atoms with van der Waals surface area (Å²) in [6, 6.07) is 18.8. The van der Waals surface area contributed by atoms with Gasteiger partial charge in [0.1, 0.15) is 25.6 Å². The van der Waals surface area contributed by atoms with Gasteiger partial charge in [0, 0.05) is 30.7 Å². The number of likely N-dealkylation sites (N-methyl/N-ethyl adjacent to an activating group) is 1. The zero-order chi connectivity index (χ0) is 31.2. The molecule has 0 aliphatic carbocycles. The Balaban J connectivity index is 1.46. The highest BCUT2D eigenvalue weighted by molar-refractivity contribution is 5.94. The van der Waals surface area contributed by atoms with Gasteiger partial charge in [-0.05, 0) is 73.5 Å². The van der Waals surface area contributed by atoms with Crippen molar-refractivity contribution in [3.8, 4) is 17.2 Å². The van der Waals surface area contributed by atoms with Crippen LogP contribution in [0.25, 0.3) is 0 Å². The number of aliphatic carboxylic acids is 1. The highest BCUT2D eigenvalue weighted by Crippen LogP contribution is 2.47. The molecular weight excluding hydrogens is 558 g/mol. The minimum absolute atomic E-state index is 0.0534. The second-order valence-electron chi connectivity index (χ2n) is 11.7. The molecule has 1 amide bonds. The van der Waals surface area contributed by atoms with Gasteiger partial charge in [0.05, 0.1) is 12.5 Å². The number of hydrogen-bond acceptors (Lipinski definition) is 7. The number of benzene rings is 3. The molecule has 1 saturated heterocycles. The van der Waals surface area contributed by atoms with Crippen LogP contribution in [-0.2, 0) is 22.4 Å². The topological polar surface area (TPSA) is 101 Å². The monoisotopic (exact) mass is 601 g/mol. The molecule has 1 unspecified atom stereocenters. The Morgan fingerprint density at radius 3 is 2.25 bits per heavy atom. The van der Waals surface area contributed by atoms with Crippen LogP contribution >= 0.6 is 0 Å². The van der Waals surface area contributed by atoms with Gasteiger partial charge in [-0.25, -0.2) is 0 Å². The molecule has 44 heavy (non-hydrogen) atoms. The number of carbonyl (C=O) groups is 2. The van der Waals surface area contributed by atoms with E-state index in [1.807, 2.05) is 84.6 Å². The predicted octanol–water partition coefficient (Wildman–Crippen LogP) is 5.00. The average Bonchev–Trinajstić information content (AvgIpc) is 3.40. The third-order valence-corrected chi connectivity index (χ3v) is 8.52. The first-order valence-corrected chi connectivity index (χ1v) is 15.4. The van der Waals surface area contributed by atoms with Crippen molar-refractivity contribution in [2.45, 2.75) is 38.6 Å². The average molecular weight is 602 g/mol. The predicted molar refractivity (Wildman–Crippen MR) is 170 cm³/mol. The molecule has 1 fully saturated rings. The number of anilines is 1. The van der Waals surface area contributed by atoms with Crippen LogP contribution in [0.4, 0.5) is 5.69 Å². The molecule has 9 nitrogen and oxygen atoms in total. The first-order chi connectivity index (χ1) is 21.3. The van der Waals surface area contributed by atoms with Gasteiger partial charge in [-0.3, -0.25) is 14.5 Å². The number of rotatable bonds is 12. The first-order valence-electron chi connectivity index (χ1n) is 15.4. The third-order valence-electron chi connectivity index (χ3n) is 8.52. The molecule has 234 valence electrons. The maximum absolute atomic E-state index is 13.7. The number of aryl methyl sites for hydroxylation is 2. The molecule has 2 aliphatic heterocycles. The first kappa shape index (κ1) is 31.3. The van der Waals surface area contributed by atoms with Crippen molar-refractivity contribution >= 4 is 17.6 Å². The van der Waals surface area contributed by atoms with Crippen LogP contribution in [0.1, 0.15) is 48.1 Å². The minimum Gasteiger partial charge on any atom is -0.492 e. The summed E-state index contributed by atoms with van der Waals surface area (Å²) in [5, 5.41) is 13.8. The van der Waals surface area contributed by atoms with E-state index in [1.165, 1.54) is 0 Å². The second kappa shape index (κ2) is 14.1. The Bertz CT molecular complexity index is 1440. The number of nitrogens with zero attached hydrogens (tertiary/aromatic N) is 2. The lowest BCUT2D eigenvalue weighted by molar-refractivity contribution is -0.143. The zero-order valence-electron chi connectivity index (χ0n) is 26.0. The molecular formula is C35H43N3O6.